The molecule has 0 radical (unpaired) electrons. The van der Waals surface area contributed by atoms with E-state index in [1.54, 1.807) is 7.11 Å². The predicted octanol–water partition coefficient (Wildman–Crippen LogP) is 1.26. The molecule has 1 heterocycles. The number of rotatable bonds is 4. The summed E-state index contributed by atoms with van der Waals surface area (Å²) in [6, 6.07) is 3.71. The maximum Gasteiger partial charge on any atom is 0.237 e. The number of anilines is 1. The second-order valence-electron chi connectivity index (χ2n) is 5.03. The van der Waals surface area contributed by atoms with Crippen LogP contribution in [0.15, 0.2) is 12.1 Å². The minimum absolute atomic E-state index is 0.201. The van der Waals surface area contributed by atoms with Gasteiger partial charge in [-0.05, 0) is 37.1 Å². The van der Waals surface area contributed by atoms with Gasteiger partial charge in [-0.3, -0.25) is 4.79 Å². The Balaban J connectivity index is 2.18. The molecule has 5 nitrogen and oxygen atoms in total. The van der Waals surface area contributed by atoms with Crippen molar-refractivity contribution < 1.29 is 19.4 Å². The van der Waals surface area contributed by atoms with Crippen LogP contribution in [0.2, 0.25) is 0 Å². The summed E-state index contributed by atoms with van der Waals surface area (Å²) in [7, 11) is 1.63. The summed E-state index contributed by atoms with van der Waals surface area (Å²) in [5, 5.41) is 12.1. The van der Waals surface area contributed by atoms with Crippen LogP contribution in [-0.2, 0) is 9.53 Å². The first-order chi connectivity index (χ1) is 9.02. The molecule has 5 heteroatoms. The van der Waals surface area contributed by atoms with Crippen molar-refractivity contribution in [3.8, 4) is 5.75 Å². The van der Waals surface area contributed by atoms with Crippen LogP contribution in [-0.4, -0.2) is 37.9 Å². The maximum absolute atomic E-state index is 12.1. The first-order valence-corrected chi connectivity index (χ1v) is 6.18. The number of amides is 1. The summed E-state index contributed by atoms with van der Waals surface area (Å²) in [6.45, 7) is 4.19. The number of carbonyl (C=O) groups excluding carboxylic acids is 1. The Morgan fingerprint density at radius 2 is 2.00 bits per heavy atom. The molecule has 1 aromatic rings. The van der Waals surface area contributed by atoms with E-state index in [-0.39, 0.29) is 25.7 Å². The summed E-state index contributed by atoms with van der Waals surface area (Å²) in [4.78, 5) is 12.1. The van der Waals surface area contributed by atoms with E-state index in [4.69, 9.17) is 9.47 Å². The Morgan fingerprint density at radius 3 is 2.37 bits per heavy atom. The number of ether oxygens (including phenoxy) is 2. The molecular formula is C14H19NO4. The molecule has 1 aliphatic rings. The number of aliphatic hydroxyl groups is 1. The highest BCUT2D eigenvalue weighted by Gasteiger charge is 2.45. The Labute approximate surface area is 112 Å². The fraction of sp³-hybridized carbons (Fsp3) is 0.500. The fourth-order valence-corrected chi connectivity index (χ4v) is 2.25. The molecule has 1 amide bonds. The van der Waals surface area contributed by atoms with Crippen molar-refractivity contribution in [2.24, 2.45) is 5.41 Å². The second-order valence-corrected chi connectivity index (χ2v) is 5.03. The van der Waals surface area contributed by atoms with Crippen molar-refractivity contribution in [3.05, 3.63) is 23.3 Å². The zero-order valence-corrected chi connectivity index (χ0v) is 11.4. The van der Waals surface area contributed by atoms with E-state index in [1.807, 2.05) is 26.0 Å². The topological polar surface area (TPSA) is 67.8 Å². The average molecular weight is 265 g/mol. The Kier molecular flexibility index (Phi) is 3.78. The molecule has 0 bridgehead atoms. The summed E-state index contributed by atoms with van der Waals surface area (Å²) in [6.07, 6.45) is 0. The van der Waals surface area contributed by atoms with E-state index in [2.05, 4.69) is 5.32 Å². The molecule has 0 atom stereocenters. The van der Waals surface area contributed by atoms with Crippen LogP contribution in [0.3, 0.4) is 0 Å². The van der Waals surface area contributed by atoms with Crippen molar-refractivity contribution in [2.75, 3.05) is 32.2 Å². The first kappa shape index (κ1) is 13.8. The molecule has 0 unspecified atom stereocenters. The van der Waals surface area contributed by atoms with E-state index >= 15 is 0 Å². The van der Waals surface area contributed by atoms with E-state index in [1.165, 1.54) is 0 Å². The largest absolute Gasteiger partial charge is 0.496 e. The zero-order chi connectivity index (χ0) is 14.0. The van der Waals surface area contributed by atoms with Crippen molar-refractivity contribution in [1.82, 2.24) is 0 Å². The van der Waals surface area contributed by atoms with Crippen LogP contribution in [0.5, 0.6) is 5.75 Å². The second kappa shape index (κ2) is 5.19. The Morgan fingerprint density at radius 1 is 1.42 bits per heavy atom. The van der Waals surface area contributed by atoms with E-state index < -0.39 is 5.41 Å². The highest BCUT2D eigenvalue weighted by molar-refractivity contribution is 5.96. The fourth-order valence-electron chi connectivity index (χ4n) is 2.25. The maximum atomic E-state index is 12.1. The monoisotopic (exact) mass is 265 g/mol. The number of aliphatic hydroxyl groups excluding tert-OH is 1. The lowest BCUT2D eigenvalue weighted by Crippen LogP contribution is -2.54. The molecule has 1 fully saturated rings. The number of methoxy groups -OCH3 is 1. The molecule has 19 heavy (non-hydrogen) atoms. The number of nitrogens with one attached hydrogen (secondary N) is 1. The van der Waals surface area contributed by atoms with Crippen molar-refractivity contribution in [3.63, 3.8) is 0 Å². The van der Waals surface area contributed by atoms with Crippen molar-refractivity contribution in [2.45, 2.75) is 13.8 Å². The van der Waals surface area contributed by atoms with Gasteiger partial charge < -0.3 is 19.9 Å². The lowest BCUT2D eigenvalue weighted by Gasteiger charge is -2.38. The van der Waals surface area contributed by atoms with Gasteiger partial charge in [-0.1, -0.05) is 0 Å². The van der Waals surface area contributed by atoms with E-state index in [9.17, 15) is 9.90 Å². The van der Waals surface area contributed by atoms with Crippen LogP contribution in [0.1, 0.15) is 11.1 Å². The number of carbonyl (C=O) groups is 1. The number of hydrogen-bond donors (Lipinski definition) is 2. The normalized spacial score (nSPS) is 16.6. The molecule has 104 valence electrons. The predicted molar refractivity (Wildman–Crippen MR) is 71.4 cm³/mol. The molecule has 0 aliphatic carbocycles. The van der Waals surface area contributed by atoms with Gasteiger partial charge in [-0.15, -0.1) is 0 Å². The molecule has 1 aliphatic heterocycles. The standard InChI is InChI=1S/C14H19NO4/c1-9-4-11(5-10(2)12(9)18-3)15-13(17)14(6-16)7-19-8-14/h4-5,16H,6-8H2,1-3H3,(H,15,17). The van der Waals surface area contributed by atoms with Crippen LogP contribution >= 0.6 is 0 Å². The third kappa shape index (κ3) is 2.43. The lowest BCUT2D eigenvalue weighted by atomic mass is 9.86. The van der Waals surface area contributed by atoms with Gasteiger partial charge in [0.1, 0.15) is 11.2 Å². The van der Waals surface area contributed by atoms with Crippen LogP contribution in [0.4, 0.5) is 5.69 Å². The Bertz CT molecular complexity index is 466. The van der Waals surface area contributed by atoms with Crippen LogP contribution in [0, 0.1) is 19.3 Å². The number of aryl methyl sites for hydroxylation is 2. The van der Waals surface area contributed by atoms with Gasteiger partial charge in [0.05, 0.1) is 26.9 Å². The third-order valence-electron chi connectivity index (χ3n) is 3.46. The molecule has 0 saturated carbocycles. The molecule has 0 aromatic heterocycles. The van der Waals surface area contributed by atoms with Gasteiger partial charge >= 0.3 is 0 Å². The van der Waals surface area contributed by atoms with Crippen LogP contribution < -0.4 is 10.1 Å². The number of hydrogen-bond acceptors (Lipinski definition) is 4. The molecule has 1 aromatic carbocycles. The molecule has 0 spiro atoms. The highest BCUT2D eigenvalue weighted by Crippen LogP contribution is 2.31. The molecular weight excluding hydrogens is 246 g/mol. The van der Waals surface area contributed by atoms with Gasteiger partial charge in [-0.2, -0.15) is 0 Å². The number of benzene rings is 1. The highest BCUT2D eigenvalue weighted by atomic mass is 16.5. The van der Waals surface area contributed by atoms with Gasteiger partial charge in [0.25, 0.3) is 0 Å². The van der Waals surface area contributed by atoms with Crippen molar-refractivity contribution in [1.29, 1.82) is 0 Å². The average Bonchev–Trinajstić information content (AvgIpc) is 2.27. The lowest BCUT2D eigenvalue weighted by molar-refractivity contribution is -0.164. The minimum atomic E-state index is -0.790. The quantitative estimate of drug-likeness (QED) is 0.860. The summed E-state index contributed by atoms with van der Waals surface area (Å²) in [5.74, 6) is 0.618. The minimum Gasteiger partial charge on any atom is -0.496 e. The van der Waals surface area contributed by atoms with Gasteiger partial charge in [-0.25, -0.2) is 0 Å². The molecule has 2 rings (SSSR count). The molecule has 2 N–H and O–H groups in total. The van der Waals surface area contributed by atoms with Gasteiger partial charge in [0, 0.05) is 5.69 Å². The van der Waals surface area contributed by atoms with Gasteiger partial charge in [0.15, 0.2) is 0 Å². The SMILES string of the molecule is COc1c(C)cc(NC(=O)C2(CO)COC2)cc1C. The van der Waals surface area contributed by atoms with E-state index in [0.29, 0.717) is 5.69 Å². The summed E-state index contributed by atoms with van der Waals surface area (Å²) in [5.41, 5.74) is 1.84. The smallest absolute Gasteiger partial charge is 0.237 e. The third-order valence-corrected chi connectivity index (χ3v) is 3.46. The molecule has 1 saturated heterocycles. The first-order valence-electron chi connectivity index (χ1n) is 6.18. The summed E-state index contributed by atoms with van der Waals surface area (Å²) < 4.78 is 10.3. The Hall–Kier alpha value is -1.59. The van der Waals surface area contributed by atoms with Crippen molar-refractivity contribution >= 4 is 11.6 Å². The van der Waals surface area contributed by atoms with E-state index in [0.717, 1.165) is 16.9 Å². The van der Waals surface area contributed by atoms with Crippen LogP contribution in [0.25, 0.3) is 0 Å². The van der Waals surface area contributed by atoms with Gasteiger partial charge in [0.2, 0.25) is 5.91 Å². The summed E-state index contributed by atoms with van der Waals surface area (Å²) >= 11 is 0. The zero-order valence-electron chi connectivity index (χ0n) is 11.4.